The van der Waals surface area contributed by atoms with E-state index in [1.54, 1.807) is 6.26 Å². The third-order valence-corrected chi connectivity index (χ3v) is 4.13. The Balaban J connectivity index is 2.58. The van der Waals surface area contributed by atoms with Gasteiger partial charge in [0.25, 0.3) is 5.56 Å². The Labute approximate surface area is 158 Å². The number of methoxy groups -OCH3 is 2. The molecule has 136 valence electrons. The van der Waals surface area contributed by atoms with Crippen LogP contribution in [-0.4, -0.2) is 43.0 Å². The third-order valence-electron chi connectivity index (χ3n) is 3.27. The molecule has 0 saturated heterocycles. The lowest BCUT2D eigenvalue weighted by atomic mass is 10.1. The highest BCUT2D eigenvalue weighted by atomic mass is 35.5. The Morgan fingerprint density at radius 3 is 2.73 bits per heavy atom. The number of nitriles is 1. The van der Waals surface area contributed by atoms with Crippen molar-refractivity contribution in [3.8, 4) is 28.8 Å². The van der Waals surface area contributed by atoms with Gasteiger partial charge in [-0.2, -0.15) is 5.26 Å². The van der Waals surface area contributed by atoms with Gasteiger partial charge in [-0.05, 0) is 18.4 Å². The monoisotopic (exact) mass is 395 g/mol. The fraction of sp³-hybridized carbons (Fsp3) is 0.250. The Morgan fingerprint density at radius 1 is 1.42 bits per heavy atom. The number of thioether (sulfide) groups is 1. The van der Waals surface area contributed by atoms with Crippen molar-refractivity contribution in [2.75, 3.05) is 27.1 Å². The molecular formula is C16H14ClN3O5S. The van der Waals surface area contributed by atoms with E-state index < -0.39 is 11.5 Å². The predicted octanol–water partition coefficient (Wildman–Crippen LogP) is 2.24. The normalized spacial score (nSPS) is 10.1. The molecule has 0 saturated carbocycles. The molecule has 1 aromatic carbocycles. The summed E-state index contributed by atoms with van der Waals surface area (Å²) in [6.07, 6.45) is 1.74. The van der Waals surface area contributed by atoms with Crippen LogP contribution in [0.25, 0.3) is 11.3 Å². The number of rotatable bonds is 6. The maximum atomic E-state index is 12.1. The van der Waals surface area contributed by atoms with Gasteiger partial charge in [0.15, 0.2) is 23.3 Å². The van der Waals surface area contributed by atoms with E-state index in [0.29, 0.717) is 10.7 Å². The smallest absolute Gasteiger partial charge is 0.343 e. The van der Waals surface area contributed by atoms with Crippen molar-refractivity contribution in [2.45, 2.75) is 5.16 Å². The van der Waals surface area contributed by atoms with Crippen LogP contribution in [0.5, 0.6) is 11.5 Å². The van der Waals surface area contributed by atoms with Crippen molar-refractivity contribution >= 4 is 29.3 Å². The van der Waals surface area contributed by atoms with Crippen LogP contribution in [-0.2, 0) is 9.53 Å². The molecule has 26 heavy (non-hydrogen) atoms. The molecule has 0 radical (unpaired) electrons. The molecule has 2 aromatic rings. The minimum absolute atomic E-state index is 0.125. The molecule has 0 atom stereocenters. The van der Waals surface area contributed by atoms with Gasteiger partial charge >= 0.3 is 5.97 Å². The SMILES string of the molecule is COC(=O)COc1c(Cl)cc(-c2nc(SC)[nH]c(=O)c2C#N)cc1OC. The molecule has 0 amide bonds. The highest BCUT2D eigenvalue weighted by Crippen LogP contribution is 2.39. The van der Waals surface area contributed by atoms with Crippen LogP contribution in [0.15, 0.2) is 22.1 Å². The molecular weight excluding hydrogens is 382 g/mol. The van der Waals surface area contributed by atoms with E-state index in [4.69, 9.17) is 21.1 Å². The largest absolute Gasteiger partial charge is 0.493 e. The zero-order valence-electron chi connectivity index (χ0n) is 14.1. The number of H-pyrrole nitrogens is 1. The maximum Gasteiger partial charge on any atom is 0.343 e. The van der Waals surface area contributed by atoms with Crippen LogP contribution in [0.4, 0.5) is 0 Å². The van der Waals surface area contributed by atoms with Gasteiger partial charge in [-0.3, -0.25) is 4.79 Å². The summed E-state index contributed by atoms with van der Waals surface area (Å²) in [4.78, 5) is 30.1. The number of nitrogens with zero attached hydrogens (tertiary/aromatic N) is 2. The number of carbonyl (C=O) groups excluding carboxylic acids is 1. The van der Waals surface area contributed by atoms with E-state index in [0.717, 1.165) is 0 Å². The standard InChI is InChI=1S/C16H14ClN3O5S/c1-23-11-5-8(4-10(17)14(11)25-7-12(21)24-2)13-9(6-18)15(22)20-16(19-13)26-3/h4-5H,7H2,1-3H3,(H,19,20,22). The molecule has 0 spiro atoms. The van der Waals surface area contributed by atoms with Crippen LogP contribution in [0.3, 0.4) is 0 Å². The summed E-state index contributed by atoms with van der Waals surface area (Å²) in [6.45, 7) is -0.352. The van der Waals surface area contributed by atoms with E-state index in [1.165, 1.54) is 38.1 Å². The highest BCUT2D eigenvalue weighted by Gasteiger charge is 2.19. The Morgan fingerprint density at radius 2 is 2.15 bits per heavy atom. The van der Waals surface area contributed by atoms with Gasteiger partial charge in [0.05, 0.1) is 24.9 Å². The molecule has 8 nitrogen and oxygen atoms in total. The Hall–Kier alpha value is -2.70. The van der Waals surface area contributed by atoms with Crippen molar-refractivity contribution in [3.05, 3.63) is 33.1 Å². The predicted molar refractivity (Wildman–Crippen MR) is 95.9 cm³/mol. The number of hydrogen-bond acceptors (Lipinski definition) is 8. The summed E-state index contributed by atoms with van der Waals surface area (Å²) in [5, 5.41) is 9.77. The molecule has 0 aliphatic rings. The lowest BCUT2D eigenvalue weighted by molar-refractivity contribution is -0.142. The van der Waals surface area contributed by atoms with Crippen LogP contribution in [0, 0.1) is 11.3 Å². The second-order valence-corrected chi connectivity index (χ2v) is 5.97. The van der Waals surface area contributed by atoms with Crippen molar-refractivity contribution in [3.63, 3.8) is 0 Å². The molecule has 10 heteroatoms. The average molecular weight is 396 g/mol. The first kappa shape index (κ1) is 19.6. The van der Waals surface area contributed by atoms with Crippen LogP contribution in [0.2, 0.25) is 5.02 Å². The zero-order valence-corrected chi connectivity index (χ0v) is 15.7. The van der Waals surface area contributed by atoms with Gasteiger partial charge < -0.3 is 19.2 Å². The molecule has 0 aliphatic carbocycles. The van der Waals surface area contributed by atoms with Crippen LogP contribution >= 0.6 is 23.4 Å². The minimum atomic E-state index is -0.583. The Kier molecular flexibility index (Phi) is 6.49. The lowest BCUT2D eigenvalue weighted by Crippen LogP contribution is -2.15. The molecule has 1 aromatic heterocycles. The highest BCUT2D eigenvalue weighted by molar-refractivity contribution is 7.98. The first-order valence-electron chi connectivity index (χ1n) is 7.11. The van der Waals surface area contributed by atoms with Gasteiger partial charge in [0, 0.05) is 5.56 Å². The fourth-order valence-electron chi connectivity index (χ4n) is 2.05. The molecule has 0 fully saturated rings. The van der Waals surface area contributed by atoms with Gasteiger partial charge in [0.1, 0.15) is 11.6 Å². The average Bonchev–Trinajstić information content (AvgIpc) is 2.65. The maximum absolute atomic E-state index is 12.1. The number of aromatic nitrogens is 2. The van der Waals surface area contributed by atoms with E-state index >= 15 is 0 Å². The minimum Gasteiger partial charge on any atom is -0.493 e. The molecule has 0 unspecified atom stereocenters. The summed E-state index contributed by atoms with van der Waals surface area (Å²) < 4.78 is 15.1. The van der Waals surface area contributed by atoms with Crippen molar-refractivity contribution in [1.29, 1.82) is 5.26 Å². The second-order valence-electron chi connectivity index (χ2n) is 4.76. The zero-order chi connectivity index (χ0) is 19.3. The number of esters is 1. The Bertz CT molecular complexity index is 939. The molecule has 1 N–H and O–H groups in total. The van der Waals surface area contributed by atoms with Crippen LogP contribution < -0.4 is 15.0 Å². The number of hydrogen-bond donors (Lipinski definition) is 1. The van der Waals surface area contributed by atoms with Crippen molar-refractivity contribution < 1.29 is 19.0 Å². The van der Waals surface area contributed by atoms with Gasteiger partial charge in [-0.15, -0.1) is 0 Å². The molecule has 0 aliphatic heterocycles. The van der Waals surface area contributed by atoms with E-state index in [2.05, 4.69) is 14.7 Å². The molecule has 2 rings (SSSR count). The number of ether oxygens (including phenoxy) is 3. The van der Waals surface area contributed by atoms with E-state index in [1.807, 2.05) is 6.07 Å². The van der Waals surface area contributed by atoms with E-state index in [-0.39, 0.29) is 34.4 Å². The second kappa shape index (κ2) is 8.60. The molecule has 0 bridgehead atoms. The summed E-state index contributed by atoms with van der Waals surface area (Å²) in [5.74, 6) is -0.232. The molecule has 1 heterocycles. The number of halogens is 1. The van der Waals surface area contributed by atoms with Crippen molar-refractivity contribution in [1.82, 2.24) is 9.97 Å². The number of nitrogens with one attached hydrogen (secondary N) is 1. The number of carbonyl (C=O) groups is 1. The summed E-state index contributed by atoms with van der Waals surface area (Å²) in [7, 11) is 2.63. The van der Waals surface area contributed by atoms with Gasteiger partial charge in [-0.25, -0.2) is 9.78 Å². The summed E-state index contributed by atoms with van der Waals surface area (Å²) >= 11 is 7.47. The van der Waals surface area contributed by atoms with E-state index in [9.17, 15) is 14.9 Å². The summed E-state index contributed by atoms with van der Waals surface area (Å²) in [6, 6.07) is 4.84. The topological polar surface area (TPSA) is 114 Å². The van der Waals surface area contributed by atoms with Gasteiger partial charge in [0.2, 0.25) is 0 Å². The van der Waals surface area contributed by atoms with Gasteiger partial charge in [-0.1, -0.05) is 23.4 Å². The first-order valence-corrected chi connectivity index (χ1v) is 8.71. The fourth-order valence-corrected chi connectivity index (χ4v) is 2.69. The van der Waals surface area contributed by atoms with Crippen molar-refractivity contribution in [2.24, 2.45) is 0 Å². The number of aromatic amines is 1. The third kappa shape index (κ3) is 4.09. The lowest BCUT2D eigenvalue weighted by Gasteiger charge is -2.14. The quantitative estimate of drug-likeness (QED) is 0.450. The number of benzene rings is 1. The first-order chi connectivity index (χ1) is 12.4. The summed E-state index contributed by atoms with van der Waals surface area (Å²) in [5.41, 5.74) is -0.136. The van der Waals surface area contributed by atoms with Crippen LogP contribution in [0.1, 0.15) is 5.56 Å².